The lowest BCUT2D eigenvalue weighted by Gasteiger charge is -2.30. The number of ketones is 1. The summed E-state index contributed by atoms with van der Waals surface area (Å²) in [5.41, 5.74) is 0.272. The Morgan fingerprint density at radius 2 is 0.862 bits per heavy atom. The number of nitrogens with one attached hydrogen (secondary N) is 2. The van der Waals surface area contributed by atoms with Gasteiger partial charge in [0.1, 0.15) is 11.8 Å². The summed E-state index contributed by atoms with van der Waals surface area (Å²) in [7, 11) is 4.26. The standard InChI is InChI=1S/C45H85N3O17/c1-6-7-8-13-48(4,5)14-12-46-45(53)42(47-44(52)40(2)3)39-41(49)10-9-15-54-17-19-56-21-23-58-25-27-60-29-31-62-33-35-64-37-38-65-36-34-63-32-30-61-28-26-59-24-22-57-20-18-55-16-11-43(50)51/h42H,2,6-39H2,1,3-5H3,(H2-,46,47,50,51,52,53)/p+1/t42-/m1/s1. The molecule has 0 radical (unpaired) electrons. The molecule has 0 aliphatic rings. The van der Waals surface area contributed by atoms with Gasteiger partial charge in [0.15, 0.2) is 0 Å². The van der Waals surface area contributed by atoms with E-state index in [0.29, 0.717) is 165 Å². The summed E-state index contributed by atoms with van der Waals surface area (Å²) in [5.74, 6) is -1.83. The number of rotatable bonds is 52. The molecule has 0 rings (SSSR count). The van der Waals surface area contributed by atoms with Crippen LogP contribution in [0.4, 0.5) is 0 Å². The summed E-state index contributed by atoms with van der Waals surface area (Å²) in [5, 5.41) is 14.1. The monoisotopic (exact) mass is 941 g/mol. The Morgan fingerprint density at radius 1 is 0.508 bits per heavy atom. The quantitative estimate of drug-likeness (QED) is 0.0450. The van der Waals surface area contributed by atoms with Gasteiger partial charge in [-0.3, -0.25) is 19.2 Å². The van der Waals surface area contributed by atoms with Crippen LogP contribution in [0, 0.1) is 0 Å². The molecule has 0 saturated heterocycles. The molecule has 1 atom stereocenters. The van der Waals surface area contributed by atoms with E-state index in [9.17, 15) is 19.2 Å². The third kappa shape index (κ3) is 46.2. The summed E-state index contributed by atoms with van der Waals surface area (Å²) in [6.07, 6.45) is 4.08. The molecule has 0 unspecified atom stereocenters. The third-order valence-electron chi connectivity index (χ3n) is 9.12. The summed E-state index contributed by atoms with van der Waals surface area (Å²) >= 11 is 0. The fraction of sp³-hybridized carbons (Fsp3) is 0.867. The minimum atomic E-state index is -0.955. The maximum absolute atomic E-state index is 12.9. The zero-order chi connectivity index (χ0) is 47.9. The van der Waals surface area contributed by atoms with Crippen molar-refractivity contribution in [2.75, 3.05) is 192 Å². The fourth-order valence-corrected chi connectivity index (χ4v) is 5.38. The summed E-state index contributed by atoms with van der Waals surface area (Å²) in [6, 6.07) is -0.955. The highest BCUT2D eigenvalue weighted by atomic mass is 16.6. The number of Topliss-reactive ketones (excluding diaryl/α,β-unsaturated/α-hetero) is 1. The van der Waals surface area contributed by atoms with Gasteiger partial charge in [-0.05, 0) is 26.2 Å². The van der Waals surface area contributed by atoms with Gasteiger partial charge in [0, 0.05) is 25.0 Å². The number of hydrogen-bond acceptors (Lipinski definition) is 16. The first kappa shape index (κ1) is 62.3. The van der Waals surface area contributed by atoms with Crippen LogP contribution in [0.15, 0.2) is 12.2 Å². The molecule has 20 nitrogen and oxygen atoms in total. The Bertz CT molecular complexity index is 1170. The molecular weight excluding hydrogens is 854 g/mol. The molecule has 0 aromatic heterocycles. The van der Waals surface area contributed by atoms with E-state index < -0.39 is 17.9 Å². The predicted octanol–water partition coefficient (Wildman–Crippen LogP) is 1.84. The molecule has 0 heterocycles. The molecule has 0 aliphatic heterocycles. The SMILES string of the molecule is C=C(C)C(=O)N[C@H](CC(=O)CCCOCCOCCOCCOCCOCCOCCOCCOCCOCCOCCOCCOCCC(=O)O)C(=O)NCC[N+](C)(C)CCCCC. The van der Waals surface area contributed by atoms with Crippen molar-refractivity contribution in [3.63, 3.8) is 0 Å². The van der Waals surface area contributed by atoms with Gasteiger partial charge in [-0.15, -0.1) is 0 Å². The van der Waals surface area contributed by atoms with Crippen LogP contribution in [0.1, 0.15) is 58.8 Å². The molecule has 0 fully saturated rings. The van der Waals surface area contributed by atoms with Crippen LogP contribution < -0.4 is 10.6 Å². The van der Waals surface area contributed by atoms with E-state index in [1.54, 1.807) is 6.92 Å². The van der Waals surface area contributed by atoms with Crippen LogP contribution in [0.2, 0.25) is 0 Å². The number of nitrogens with zero attached hydrogens (tertiary/aromatic N) is 1. The van der Waals surface area contributed by atoms with Gasteiger partial charge < -0.3 is 77.1 Å². The maximum Gasteiger partial charge on any atom is 0.305 e. The van der Waals surface area contributed by atoms with E-state index in [2.05, 4.69) is 38.2 Å². The van der Waals surface area contributed by atoms with Crippen molar-refractivity contribution in [2.45, 2.75) is 64.8 Å². The second-order valence-corrected chi connectivity index (χ2v) is 15.5. The number of amides is 2. The third-order valence-corrected chi connectivity index (χ3v) is 9.12. The molecular formula is C45H86N3O17+. The Morgan fingerprint density at radius 3 is 1.20 bits per heavy atom. The molecule has 0 spiro atoms. The summed E-state index contributed by atoms with van der Waals surface area (Å²) < 4.78 is 66.1. The first-order chi connectivity index (χ1) is 31.5. The molecule has 0 aromatic carbocycles. The number of carboxylic acids is 1. The number of unbranched alkanes of at least 4 members (excludes halogenated alkanes) is 2. The van der Waals surface area contributed by atoms with Gasteiger partial charge in [-0.2, -0.15) is 0 Å². The van der Waals surface area contributed by atoms with Gasteiger partial charge in [0.2, 0.25) is 11.8 Å². The number of carbonyl (C=O) groups excluding carboxylic acids is 3. The molecule has 0 bridgehead atoms. The topological polar surface area (TPSA) is 223 Å². The Labute approximate surface area is 388 Å². The first-order valence-corrected chi connectivity index (χ1v) is 23.2. The highest BCUT2D eigenvalue weighted by Crippen LogP contribution is 2.05. The smallest absolute Gasteiger partial charge is 0.305 e. The number of carboxylic acid groups (broad SMARTS) is 1. The summed E-state index contributed by atoms with van der Waals surface area (Å²) in [6.45, 7) is 19.9. The van der Waals surface area contributed by atoms with E-state index in [4.69, 9.17) is 61.9 Å². The molecule has 65 heavy (non-hydrogen) atoms. The number of likely N-dealkylation sites (N-methyl/N-ethyl adjacent to an activating group) is 1. The number of hydrogen-bond donors (Lipinski definition) is 3. The van der Waals surface area contributed by atoms with E-state index in [-0.39, 0.29) is 43.1 Å². The largest absolute Gasteiger partial charge is 0.481 e. The van der Waals surface area contributed by atoms with Crippen molar-refractivity contribution in [1.82, 2.24) is 10.6 Å². The number of ether oxygens (including phenoxy) is 12. The van der Waals surface area contributed by atoms with Crippen molar-refractivity contribution in [3.05, 3.63) is 12.2 Å². The number of quaternary nitrogens is 1. The molecule has 3 N–H and O–H groups in total. The fourth-order valence-electron chi connectivity index (χ4n) is 5.38. The van der Waals surface area contributed by atoms with Crippen LogP contribution in [0.25, 0.3) is 0 Å². The lowest BCUT2D eigenvalue weighted by atomic mass is 10.1. The first-order valence-electron chi connectivity index (χ1n) is 23.2. The van der Waals surface area contributed by atoms with Gasteiger partial charge in [0.25, 0.3) is 0 Å². The van der Waals surface area contributed by atoms with Crippen molar-refractivity contribution in [1.29, 1.82) is 0 Å². The number of aliphatic carboxylic acids is 1. The van der Waals surface area contributed by atoms with Crippen molar-refractivity contribution < 1.29 is 85.6 Å². The van der Waals surface area contributed by atoms with Crippen LogP contribution >= 0.6 is 0 Å². The molecule has 0 aliphatic carbocycles. The lowest BCUT2D eigenvalue weighted by Crippen LogP contribution is -2.51. The second kappa shape index (κ2) is 46.4. The Hall–Kier alpha value is -2.70. The van der Waals surface area contributed by atoms with Crippen LogP contribution in [0.5, 0.6) is 0 Å². The van der Waals surface area contributed by atoms with Crippen molar-refractivity contribution in [3.8, 4) is 0 Å². The Balaban J connectivity index is 3.52. The van der Waals surface area contributed by atoms with Gasteiger partial charge in [-0.1, -0.05) is 19.9 Å². The van der Waals surface area contributed by atoms with Crippen molar-refractivity contribution in [2.24, 2.45) is 0 Å². The second-order valence-electron chi connectivity index (χ2n) is 15.5. The highest BCUT2D eigenvalue weighted by Gasteiger charge is 2.25. The van der Waals surface area contributed by atoms with E-state index >= 15 is 0 Å². The zero-order valence-corrected chi connectivity index (χ0v) is 40.3. The van der Waals surface area contributed by atoms with Gasteiger partial charge in [-0.25, -0.2) is 0 Å². The average Bonchev–Trinajstić information content (AvgIpc) is 3.26. The minimum absolute atomic E-state index is 0.0123. The average molecular weight is 941 g/mol. The molecule has 382 valence electrons. The molecule has 0 aromatic rings. The maximum atomic E-state index is 12.9. The van der Waals surface area contributed by atoms with E-state index in [0.717, 1.165) is 30.4 Å². The minimum Gasteiger partial charge on any atom is -0.481 e. The van der Waals surface area contributed by atoms with E-state index in [1.807, 2.05) is 0 Å². The Kier molecular flexibility index (Phi) is 44.5. The zero-order valence-electron chi connectivity index (χ0n) is 40.3. The van der Waals surface area contributed by atoms with Crippen molar-refractivity contribution >= 4 is 23.6 Å². The number of carbonyl (C=O) groups is 4. The van der Waals surface area contributed by atoms with E-state index in [1.165, 1.54) is 6.42 Å². The highest BCUT2D eigenvalue weighted by molar-refractivity contribution is 5.97. The van der Waals surface area contributed by atoms with Crippen LogP contribution in [-0.4, -0.2) is 231 Å². The predicted molar refractivity (Wildman–Crippen MR) is 242 cm³/mol. The normalized spacial score (nSPS) is 12.1. The molecule has 2 amide bonds. The summed E-state index contributed by atoms with van der Waals surface area (Å²) in [4.78, 5) is 48.3. The van der Waals surface area contributed by atoms with Gasteiger partial charge in [0.05, 0.1) is 192 Å². The van der Waals surface area contributed by atoms with Crippen LogP contribution in [0.3, 0.4) is 0 Å². The lowest BCUT2D eigenvalue weighted by molar-refractivity contribution is -0.889. The molecule has 20 heteroatoms. The van der Waals surface area contributed by atoms with Crippen LogP contribution in [-0.2, 0) is 76.0 Å². The molecule has 0 saturated carbocycles. The van der Waals surface area contributed by atoms with Gasteiger partial charge >= 0.3 is 5.97 Å².